The molecule has 1 aromatic carbocycles. The number of nitrogens with zero attached hydrogens (tertiary/aromatic N) is 1. The third-order valence-corrected chi connectivity index (χ3v) is 2.85. The van der Waals surface area contributed by atoms with Gasteiger partial charge in [-0.3, -0.25) is 0 Å². The number of aryl methyl sites for hydroxylation is 1. The van der Waals surface area contributed by atoms with E-state index < -0.39 is 10.2 Å². The zero-order valence-corrected chi connectivity index (χ0v) is 11.6. The molecular formula is C11H13ClN2O4S. The number of nitrogens with two attached hydrogens (primary N) is 1. The average Bonchev–Trinajstić information content (AvgIpc) is 2.74. The van der Waals surface area contributed by atoms with Crippen molar-refractivity contribution in [2.24, 2.45) is 0 Å². The highest BCUT2D eigenvalue weighted by atomic mass is 35.7. The zero-order valence-electron chi connectivity index (χ0n) is 10.1. The Kier molecular flexibility index (Phi) is 5.67. The van der Waals surface area contributed by atoms with Crippen LogP contribution in [0.25, 0.3) is 11.3 Å². The Balaban J connectivity index is 0.000000312. The van der Waals surface area contributed by atoms with Crippen LogP contribution < -0.4 is 19.7 Å². The lowest BCUT2D eigenvalue weighted by Crippen LogP contribution is -2.58. The molecule has 0 aliphatic carbocycles. The fourth-order valence-electron chi connectivity index (χ4n) is 1.33. The Hall–Kier alpha value is -1.22. The molecule has 19 heavy (non-hydrogen) atoms. The summed E-state index contributed by atoms with van der Waals surface area (Å²) in [6.07, 6.45) is 1.07. The van der Waals surface area contributed by atoms with Crippen molar-refractivity contribution in [1.29, 1.82) is 0 Å². The summed E-state index contributed by atoms with van der Waals surface area (Å²) in [6.45, 7) is 2.15. The van der Waals surface area contributed by atoms with E-state index in [1.807, 2.05) is 5.38 Å². The quantitative estimate of drug-likeness (QED) is 0.719. The summed E-state index contributed by atoms with van der Waals surface area (Å²) in [5.74, 6) is 0. The van der Waals surface area contributed by atoms with Crippen molar-refractivity contribution in [2.75, 3.05) is 5.73 Å². The molecule has 0 atom stereocenters. The molecule has 0 saturated carbocycles. The van der Waals surface area contributed by atoms with Crippen LogP contribution in [0.15, 0.2) is 29.6 Å². The molecule has 0 unspecified atom stereocenters. The number of anilines is 1. The fourth-order valence-corrected chi connectivity index (χ4v) is 1.90. The molecule has 2 rings (SSSR count). The van der Waals surface area contributed by atoms with Crippen molar-refractivity contribution in [3.05, 3.63) is 35.2 Å². The third kappa shape index (κ3) is 6.48. The van der Waals surface area contributed by atoms with Crippen molar-refractivity contribution >= 4 is 16.5 Å². The summed E-state index contributed by atoms with van der Waals surface area (Å²) in [6, 6.07) is 8.44. The first-order valence-corrected chi connectivity index (χ1v) is 7.37. The summed E-state index contributed by atoms with van der Waals surface area (Å²) in [5, 5.41) is 2.61. The Morgan fingerprint density at radius 1 is 1.26 bits per heavy atom. The highest BCUT2D eigenvalue weighted by Crippen LogP contribution is 2.23. The molecule has 0 radical (unpaired) electrons. The Labute approximate surface area is 116 Å². The van der Waals surface area contributed by atoms with Crippen LogP contribution in [-0.2, 0) is 6.42 Å². The van der Waals surface area contributed by atoms with E-state index in [0.717, 1.165) is 17.7 Å². The van der Waals surface area contributed by atoms with Gasteiger partial charge in [-0.1, -0.05) is 31.2 Å². The minimum atomic E-state index is -4.69. The largest absolute Gasteiger partial charge is 0.375 e. The molecule has 0 fully saturated rings. The van der Waals surface area contributed by atoms with Gasteiger partial charge in [-0.25, -0.2) is 4.98 Å². The van der Waals surface area contributed by atoms with Crippen molar-refractivity contribution < 1.29 is 28.9 Å². The Morgan fingerprint density at radius 2 is 1.79 bits per heavy atom. The molecule has 6 nitrogen and oxygen atoms in total. The van der Waals surface area contributed by atoms with Crippen LogP contribution in [0, 0.1) is 10.2 Å². The summed E-state index contributed by atoms with van der Waals surface area (Å²) in [7, 11) is -4.69. The minimum absolute atomic E-state index is 0.625. The van der Waals surface area contributed by atoms with Crippen molar-refractivity contribution in [3.8, 4) is 11.3 Å². The molecule has 8 heteroatoms. The van der Waals surface area contributed by atoms with E-state index in [4.69, 9.17) is 24.4 Å². The van der Waals surface area contributed by atoms with Crippen molar-refractivity contribution in [2.45, 2.75) is 13.3 Å². The van der Waals surface area contributed by atoms with E-state index in [1.54, 1.807) is 0 Å². The van der Waals surface area contributed by atoms with E-state index in [-0.39, 0.29) is 0 Å². The van der Waals surface area contributed by atoms with Crippen molar-refractivity contribution in [3.63, 3.8) is 0 Å². The van der Waals surface area contributed by atoms with Gasteiger partial charge in [-0.2, -0.15) is 14.0 Å². The number of rotatable bonds is 2. The fraction of sp³-hybridized carbons (Fsp3) is 0.182. The molecule has 2 aromatic rings. The smallest absolute Gasteiger partial charge is 0.180 e. The molecule has 0 saturated heterocycles. The molecule has 0 amide bonds. The van der Waals surface area contributed by atoms with E-state index >= 15 is 0 Å². The van der Waals surface area contributed by atoms with Crippen LogP contribution in [0.4, 0.5) is 5.13 Å². The van der Waals surface area contributed by atoms with E-state index in [2.05, 4.69) is 36.2 Å². The highest BCUT2D eigenvalue weighted by molar-refractivity contribution is 7.13. The summed E-state index contributed by atoms with van der Waals surface area (Å²) in [5.41, 5.74) is 9.03. The molecule has 0 aliphatic heterocycles. The topological polar surface area (TPSA) is 128 Å². The zero-order chi connectivity index (χ0) is 14.5. The second-order valence-corrected chi connectivity index (χ2v) is 5.20. The molecule has 3 N–H and O–H groups in total. The molecule has 1 aromatic heterocycles. The number of benzene rings is 1. The second-order valence-electron chi connectivity index (χ2n) is 3.52. The summed E-state index contributed by atoms with van der Waals surface area (Å²) < 4.78 is 32.7. The van der Waals surface area contributed by atoms with Crippen LogP contribution in [0.2, 0.25) is 0 Å². The van der Waals surface area contributed by atoms with Crippen LogP contribution in [0.3, 0.4) is 0 Å². The number of thiazole rings is 1. The predicted octanol–water partition coefficient (Wildman–Crippen LogP) is -1.17. The molecule has 0 aliphatic rings. The molecule has 1 heterocycles. The SMILES string of the molecule is CCc1ccc(-c2csc(N)n2)cc1.[O-][Cl+3]([O-])([O-])O. The number of hydrogen-bond acceptors (Lipinski definition) is 7. The average molecular weight is 305 g/mol. The predicted molar refractivity (Wildman–Crippen MR) is 63.6 cm³/mol. The van der Waals surface area contributed by atoms with Gasteiger partial charge in [0.1, 0.15) is 0 Å². The second kappa shape index (κ2) is 6.80. The molecular weight excluding hydrogens is 292 g/mol. The number of halogens is 1. The third-order valence-electron chi connectivity index (χ3n) is 2.18. The van der Waals surface area contributed by atoms with Gasteiger partial charge in [0.05, 0.1) is 20.6 Å². The molecule has 0 spiro atoms. The van der Waals surface area contributed by atoms with Gasteiger partial charge in [-0.15, -0.1) is 11.3 Å². The lowest BCUT2D eigenvalue weighted by Gasteiger charge is -2.03. The van der Waals surface area contributed by atoms with E-state index in [9.17, 15) is 0 Å². The first-order chi connectivity index (χ1) is 8.79. The maximum absolute atomic E-state index is 8.60. The normalized spacial score (nSPS) is 10.8. The van der Waals surface area contributed by atoms with E-state index in [0.29, 0.717) is 5.13 Å². The van der Waals surface area contributed by atoms with Gasteiger partial charge in [0, 0.05) is 10.9 Å². The number of aromatic nitrogens is 1. The van der Waals surface area contributed by atoms with Gasteiger partial charge >= 0.3 is 0 Å². The Bertz CT molecular complexity index is 504. The van der Waals surface area contributed by atoms with Crippen LogP contribution in [0.1, 0.15) is 12.5 Å². The lowest BCUT2D eigenvalue weighted by molar-refractivity contribution is -1.92. The monoisotopic (exact) mass is 304 g/mol. The highest BCUT2D eigenvalue weighted by Gasteiger charge is 2.01. The van der Waals surface area contributed by atoms with Gasteiger partial charge in [0.2, 0.25) is 0 Å². The van der Waals surface area contributed by atoms with Gasteiger partial charge in [0.15, 0.2) is 5.13 Å². The first-order valence-electron chi connectivity index (χ1n) is 5.23. The maximum Gasteiger partial charge on any atom is 0.180 e. The van der Waals surface area contributed by atoms with Gasteiger partial charge in [-0.05, 0) is 12.0 Å². The van der Waals surface area contributed by atoms with Crippen LogP contribution >= 0.6 is 11.3 Å². The molecule has 104 valence electrons. The lowest BCUT2D eigenvalue weighted by atomic mass is 10.1. The van der Waals surface area contributed by atoms with Crippen LogP contribution in [0.5, 0.6) is 0 Å². The van der Waals surface area contributed by atoms with Crippen molar-refractivity contribution in [1.82, 2.24) is 4.98 Å². The van der Waals surface area contributed by atoms with Crippen LogP contribution in [-0.4, -0.2) is 9.64 Å². The van der Waals surface area contributed by atoms with Gasteiger partial charge < -0.3 is 5.73 Å². The standard InChI is InChI=1S/C11H12N2S.ClHO4/c1-2-8-3-5-9(6-4-8)10-7-14-11(12)13-10;2-1(3,4)5/h3-7H,2H2,1H3,(H2,12,13);(H,2,3,4,5). The number of nitrogen functional groups attached to an aromatic ring is 1. The molecule has 0 bridgehead atoms. The maximum atomic E-state index is 8.60. The van der Waals surface area contributed by atoms with E-state index in [1.165, 1.54) is 16.9 Å². The summed E-state index contributed by atoms with van der Waals surface area (Å²) in [4.78, 5) is 4.23. The first kappa shape index (κ1) is 15.8. The Morgan fingerprint density at radius 3 is 2.16 bits per heavy atom. The minimum Gasteiger partial charge on any atom is -0.375 e. The summed E-state index contributed by atoms with van der Waals surface area (Å²) >= 11 is 1.48. The van der Waals surface area contributed by atoms with Gasteiger partial charge in [0.25, 0.3) is 0 Å². The number of hydrogen-bond donors (Lipinski definition) is 2.